The minimum atomic E-state index is -3.73. The number of nitrogens with one attached hydrogen (secondary N) is 1. The fraction of sp³-hybridized carbons (Fsp3) is 0.391. The molecular formula is C23H23N3O5S. The van der Waals surface area contributed by atoms with Crippen molar-refractivity contribution >= 4 is 27.5 Å². The SMILES string of the molecule is O=C(Nc1ccc2c(c1)OC1(CCCC1)O2)[C@@H]1CCCN1C1=NS(=O)(=O)c2ccccc21. The molecule has 9 heteroatoms. The van der Waals surface area contributed by atoms with E-state index in [1.54, 1.807) is 41.3 Å². The summed E-state index contributed by atoms with van der Waals surface area (Å²) in [7, 11) is -3.73. The number of carbonyl (C=O) groups excluding carboxylic acids is 1. The Balaban J connectivity index is 1.22. The number of likely N-dealkylation sites (tertiary alicyclic amines) is 1. The Morgan fingerprint density at radius 1 is 1.06 bits per heavy atom. The zero-order chi connectivity index (χ0) is 21.9. The molecule has 2 aromatic carbocycles. The van der Waals surface area contributed by atoms with Crippen molar-refractivity contribution in [3.8, 4) is 11.5 Å². The first-order valence-corrected chi connectivity index (χ1v) is 12.4. The van der Waals surface area contributed by atoms with Crippen LogP contribution in [0.2, 0.25) is 0 Å². The highest BCUT2D eigenvalue weighted by molar-refractivity contribution is 7.90. The third-order valence-electron chi connectivity index (χ3n) is 6.61. The average molecular weight is 454 g/mol. The van der Waals surface area contributed by atoms with E-state index < -0.39 is 21.9 Å². The van der Waals surface area contributed by atoms with Crippen LogP contribution in [0.5, 0.6) is 11.5 Å². The van der Waals surface area contributed by atoms with Crippen molar-refractivity contribution < 1.29 is 22.7 Å². The molecule has 32 heavy (non-hydrogen) atoms. The van der Waals surface area contributed by atoms with Crippen LogP contribution < -0.4 is 14.8 Å². The van der Waals surface area contributed by atoms with Crippen molar-refractivity contribution in [2.75, 3.05) is 11.9 Å². The van der Waals surface area contributed by atoms with E-state index in [4.69, 9.17) is 9.47 Å². The van der Waals surface area contributed by atoms with Gasteiger partial charge < -0.3 is 19.7 Å². The van der Waals surface area contributed by atoms with Crippen LogP contribution in [-0.2, 0) is 14.8 Å². The predicted molar refractivity (Wildman–Crippen MR) is 117 cm³/mol. The first-order valence-electron chi connectivity index (χ1n) is 11.0. The highest BCUT2D eigenvalue weighted by Gasteiger charge is 2.44. The molecule has 1 aliphatic carbocycles. The zero-order valence-corrected chi connectivity index (χ0v) is 18.2. The summed E-state index contributed by atoms with van der Waals surface area (Å²) < 4.78 is 41.1. The minimum Gasteiger partial charge on any atom is -0.448 e. The summed E-state index contributed by atoms with van der Waals surface area (Å²) in [5, 5.41) is 2.97. The quantitative estimate of drug-likeness (QED) is 0.750. The van der Waals surface area contributed by atoms with Crippen molar-refractivity contribution in [3.05, 3.63) is 48.0 Å². The molecule has 3 heterocycles. The largest absolute Gasteiger partial charge is 0.448 e. The topological polar surface area (TPSA) is 97.3 Å². The van der Waals surface area contributed by atoms with Gasteiger partial charge in [-0.3, -0.25) is 4.79 Å². The number of hydrogen-bond acceptors (Lipinski definition) is 6. The zero-order valence-electron chi connectivity index (χ0n) is 17.4. The van der Waals surface area contributed by atoms with Crippen molar-refractivity contribution in [2.24, 2.45) is 4.40 Å². The lowest BCUT2D eigenvalue weighted by molar-refractivity contribution is -0.119. The molecule has 166 valence electrons. The first-order chi connectivity index (χ1) is 15.4. The van der Waals surface area contributed by atoms with Gasteiger partial charge in [-0.15, -0.1) is 4.40 Å². The molecule has 8 nitrogen and oxygen atoms in total. The van der Waals surface area contributed by atoms with Gasteiger partial charge in [0.15, 0.2) is 17.3 Å². The Kier molecular flexibility index (Phi) is 4.27. The number of amidine groups is 1. The monoisotopic (exact) mass is 453 g/mol. The fourth-order valence-corrected chi connectivity index (χ4v) is 6.32. The summed E-state index contributed by atoms with van der Waals surface area (Å²) in [5.41, 5.74) is 1.18. The van der Waals surface area contributed by atoms with Crippen molar-refractivity contribution in [2.45, 2.75) is 55.2 Å². The molecule has 1 amide bonds. The van der Waals surface area contributed by atoms with Crippen LogP contribution in [0.25, 0.3) is 0 Å². The summed E-state index contributed by atoms with van der Waals surface area (Å²) >= 11 is 0. The molecule has 0 radical (unpaired) electrons. The van der Waals surface area contributed by atoms with Gasteiger partial charge in [-0.2, -0.15) is 8.42 Å². The Morgan fingerprint density at radius 3 is 2.69 bits per heavy atom. The summed E-state index contributed by atoms with van der Waals surface area (Å²) in [4.78, 5) is 15.2. The maximum Gasteiger partial charge on any atom is 0.285 e. The standard InChI is InChI=1S/C23H23N3O5S/c27-22(24-15-9-10-18-19(14-15)31-23(30-18)11-3-4-12-23)17-7-5-13-26(17)21-16-6-1-2-8-20(16)32(28,29)25-21/h1-2,6,8-10,14,17H,3-5,7,11-13H2,(H,24,27)/t17-/m0/s1. The van der Waals surface area contributed by atoms with E-state index in [2.05, 4.69) is 9.71 Å². The molecule has 1 saturated carbocycles. The van der Waals surface area contributed by atoms with Gasteiger partial charge in [0.2, 0.25) is 5.91 Å². The van der Waals surface area contributed by atoms with E-state index in [1.165, 1.54) is 0 Å². The van der Waals surface area contributed by atoms with Crippen molar-refractivity contribution in [1.29, 1.82) is 0 Å². The van der Waals surface area contributed by atoms with Crippen LogP contribution in [0, 0.1) is 0 Å². The average Bonchev–Trinajstić information content (AvgIpc) is 3.54. The maximum atomic E-state index is 13.2. The number of carbonyl (C=O) groups is 1. The van der Waals surface area contributed by atoms with Crippen molar-refractivity contribution in [1.82, 2.24) is 4.90 Å². The second-order valence-corrected chi connectivity index (χ2v) is 10.3. The summed E-state index contributed by atoms with van der Waals surface area (Å²) in [6, 6.07) is 11.7. The fourth-order valence-electron chi connectivity index (χ4n) is 5.10. The number of sulfonamides is 1. The van der Waals surface area contributed by atoms with Crippen LogP contribution in [0.4, 0.5) is 5.69 Å². The number of amides is 1. The molecule has 0 aromatic heterocycles. The molecule has 2 aromatic rings. The van der Waals surface area contributed by atoms with E-state index >= 15 is 0 Å². The number of rotatable bonds is 2. The Hall–Kier alpha value is -3.07. The van der Waals surface area contributed by atoms with Crippen LogP contribution >= 0.6 is 0 Å². The van der Waals surface area contributed by atoms with Crippen LogP contribution in [0.3, 0.4) is 0 Å². The highest BCUT2D eigenvalue weighted by Crippen LogP contribution is 2.47. The van der Waals surface area contributed by atoms with E-state index in [1.807, 2.05) is 6.07 Å². The van der Waals surface area contributed by atoms with Crippen LogP contribution in [0.15, 0.2) is 51.8 Å². The number of hydrogen-bond donors (Lipinski definition) is 1. The third kappa shape index (κ3) is 3.06. The smallest absolute Gasteiger partial charge is 0.285 e. The molecule has 1 spiro atoms. The molecule has 1 N–H and O–H groups in total. The van der Waals surface area contributed by atoms with E-state index in [-0.39, 0.29) is 10.8 Å². The number of ether oxygens (including phenoxy) is 2. The molecule has 4 aliphatic rings. The van der Waals surface area contributed by atoms with Gasteiger partial charge in [0.05, 0.1) is 0 Å². The minimum absolute atomic E-state index is 0.192. The van der Waals surface area contributed by atoms with Gasteiger partial charge in [0, 0.05) is 36.7 Å². The normalized spacial score (nSPS) is 23.9. The van der Waals surface area contributed by atoms with E-state index in [0.29, 0.717) is 41.6 Å². The Morgan fingerprint density at radius 2 is 1.84 bits per heavy atom. The molecule has 0 unspecified atom stereocenters. The van der Waals surface area contributed by atoms with Gasteiger partial charge in [-0.1, -0.05) is 12.1 Å². The lowest BCUT2D eigenvalue weighted by Crippen LogP contribution is -2.43. The van der Waals surface area contributed by atoms with Crippen LogP contribution in [-0.4, -0.2) is 43.4 Å². The lowest BCUT2D eigenvalue weighted by Gasteiger charge is -2.25. The molecule has 0 bridgehead atoms. The number of anilines is 1. The predicted octanol–water partition coefficient (Wildman–Crippen LogP) is 3.28. The molecule has 2 fully saturated rings. The van der Waals surface area contributed by atoms with Crippen molar-refractivity contribution in [3.63, 3.8) is 0 Å². The number of benzene rings is 2. The Bertz CT molecular complexity index is 1250. The summed E-state index contributed by atoms with van der Waals surface area (Å²) in [5.74, 6) is 0.961. The van der Waals surface area contributed by atoms with Gasteiger partial charge in [-0.05, 0) is 49.9 Å². The molecule has 3 aliphatic heterocycles. The third-order valence-corrected chi connectivity index (χ3v) is 7.93. The molecule has 1 atom stereocenters. The first kappa shape index (κ1) is 19.6. The highest BCUT2D eigenvalue weighted by atomic mass is 32.2. The lowest BCUT2D eigenvalue weighted by atomic mass is 10.1. The summed E-state index contributed by atoms with van der Waals surface area (Å²) in [6.07, 6.45) is 5.30. The van der Waals surface area contributed by atoms with E-state index in [0.717, 1.165) is 32.1 Å². The second kappa shape index (κ2) is 6.96. The second-order valence-electron chi connectivity index (χ2n) is 8.71. The van der Waals surface area contributed by atoms with Gasteiger partial charge in [0.25, 0.3) is 15.8 Å². The molecular weight excluding hydrogens is 430 g/mol. The van der Waals surface area contributed by atoms with Gasteiger partial charge in [-0.25, -0.2) is 0 Å². The van der Waals surface area contributed by atoms with Crippen LogP contribution in [0.1, 0.15) is 44.1 Å². The number of fused-ring (bicyclic) bond motifs is 2. The number of nitrogens with zero attached hydrogens (tertiary/aromatic N) is 2. The van der Waals surface area contributed by atoms with Gasteiger partial charge in [0.1, 0.15) is 10.9 Å². The Labute approximate surface area is 186 Å². The maximum absolute atomic E-state index is 13.2. The summed E-state index contributed by atoms with van der Waals surface area (Å²) in [6.45, 7) is 0.574. The van der Waals surface area contributed by atoms with E-state index in [9.17, 15) is 13.2 Å². The van der Waals surface area contributed by atoms with Gasteiger partial charge >= 0.3 is 0 Å². The molecule has 1 saturated heterocycles. The molecule has 6 rings (SSSR count).